The van der Waals surface area contributed by atoms with Gasteiger partial charge in [-0.25, -0.2) is 0 Å². The van der Waals surface area contributed by atoms with E-state index in [1.165, 1.54) is 11.1 Å². The lowest BCUT2D eigenvalue weighted by Gasteiger charge is -2.21. The zero-order valence-corrected chi connectivity index (χ0v) is 12.5. The maximum atomic E-state index is 12.6. The fourth-order valence-electron chi connectivity index (χ4n) is 3.01. The number of hydrogen-bond donors (Lipinski definition) is 2. The van der Waals surface area contributed by atoms with Gasteiger partial charge in [0.05, 0.1) is 0 Å². The van der Waals surface area contributed by atoms with Crippen LogP contribution in [0.25, 0.3) is 0 Å². The van der Waals surface area contributed by atoms with Gasteiger partial charge in [-0.1, -0.05) is 30.3 Å². The number of fused-ring (bicyclic) bond motifs is 1. The highest BCUT2D eigenvalue weighted by molar-refractivity contribution is 6.06. The van der Waals surface area contributed by atoms with Gasteiger partial charge in [-0.3, -0.25) is 4.79 Å². The van der Waals surface area contributed by atoms with Crippen LogP contribution in [0.4, 0.5) is 5.69 Å². The Kier molecular flexibility index (Phi) is 3.76. The number of anilines is 1. The molecule has 3 nitrogen and oxygen atoms in total. The first kappa shape index (κ1) is 13.8. The van der Waals surface area contributed by atoms with Crippen LogP contribution in [-0.4, -0.2) is 12.5 Å². The largest absolute Gasteiger partial charge is 0.322 e. The summed E-state index contributed by atoms with van der Waals surface area (Å²) in [6.45, 7) is 5.80. The molecule has 1 heterocycles. The summed E-state index contributed by atoms with van der Waals surface area (Å²) in [7, 11) is 0. The van der Waals surface area contributed by atoms with Crippen LogP contribution in [-0.2, 0) is 13.0 Å². The average Bonchev–Trinajstić information content (AvgIpc) is 2.47. The molecule has 3 rings (SSSR count). The molecule has 0 saturated carbocycles. The van der Waals surface area contributed by atoms with Crippen LogP contribution in [0.1, 0.15) is 32.6 Å². The minimum Gasteiger partial charge on any atom is -0.322 e. The van der Waals surface area contributed by atoms with E-state index in [-0.39, 0.29) is 5.91 Å². The number of benzene rings is 2. The molecule has 3 heteroatoms. The van der Waals surface area contributed by atoms with Crippen molar-refractivity contribution in [3.05, 3.63) is 64.2 Å². The molecule has 2 aromatic carbocycles. The zero-order chi connectivity index (χ0) is 14.8. The van der Waals surface area contributed by atoms with Gasteiger partial charge in [-0.05, 0) is 55.1 Å². The molecule has 2 aromatic rings. The second kappa shape index (κ2) is 5.70. The van der Waals surface area contributed by atoms with E-state index >= 15 is 0 Å². The smallest absolute Gasteiger partial charge is 0.256 e. The molecule has 0 spiro atoms. The zero-order valence-electron chi connectivity index (χ0n) is 12.5. The summed E-state index contributed by atoms with van der Waals surface area (Å²) in [5, 5.41) is 6.46. The first-order valence-corrected chi connectivity index (χ1v) is 7.36. The summed E-state index contributed by atoms with van der Waals surface area (Å²) in [6.07, 6.45) is 0.957. The number of rotatable bonds is 2. The maximum Gasteiger partial charge on any atom is 0.256 e. The topological polar surface area (TPSA) is 41.1 Å². The first-order valence-electron chi connectivity index (χ1n) is 7.36. The molecule has 0 aromatic heterocycles. The van der Waals surface area contributed by atoms with Crippen molar-refractivity contribution in [2.75, 3.05) is 11.9 Å². The van der Waals surface area contributed by atoms with Crippen LogP contribution in [0.3, 0.4) is 0 Å². The minimum atomic E-state index is -0.0162. The van der Waals surface area contributed by atoms with Gasteiger partial charge >= 0.3 is 0 Å². The van der Waals surface area contributed by atoms with Crippen LogP contribution in [0.2, 0.25) is 0 Å². The van der Waals surface area contributed by atoms with Crippen molar-refractivity contribution in [3.8, 4) is 0 Å². The Hall–Kier alpha value is -2.13. The van der Waals surface area contributed by atoms with Crippen LogP contribution in [0.5, 0.6) is 0 Å². The third-order valence-electron chi connectivity index (χ3n) is 4.10. The van der Waals surface area contributed by atoms with Crippen molar-refractivity contribution in [3.63, 3.8) is 0 Å². The molecule has 1 aliphatic rings. The Morgan fingerprint density at radius 2 is 1.81 bits per heavy atom. The molecule has 0 aliphatic carbocycles. The fourth-order valence-corrected chi connectivity index (χ4v) is 3.01. The predicted octanol–water partition coefficient (Wildman–Crippen LogP) is 3.20. The quantitative estimate of drug-likeness (QED) is 0.887. The van der Waals surface area contributed by atoms with Gasteiger partial charge in [0.25, 0.3) is 5.91 Å². The summed E-state index contributed by atoms with van der Waals surface area (Å²) in [5.74, 6) is -0.0162. The monoisotopic (exact) mass is 280 g/mol. The maximum absolute atomic E-state index is 12.6. The number of hydrogen-bond acceptors (Lipinski definition) is 2. The van der Waals surface area contributed by atoms with Gasteiger partial charge in [0.2, 0.25) is 0 Å². The average molecular weight is 280 g/mol. The molecule has 0 bridgehead atoms. The summed E-state index contributed by atoms with van der Waals surface area (Å²) < 4.78 is 0. The molecular weight excluding hydrogens is 260 g/mol. The first-order chi connectivity index (χ1) is 10.2. The van der Waals surface area contributed by atoms with Gasteiger partial charge in [-0.2, -0.15) is 0 Å². The van der Waals surface area contributed by atoms with E-state index in [0.717, 1.165) is 41.9 Å². The number of nitrogens with one attached hydrogen (secondary N) is 2. The molecule has 0 atom stereocenters. The normalized spacial score (nSPS) is 13.6. The Labute approximate surface area is 125 Å². The van der Waals surface area contributed by atoms with Gasteiger partial charge in [0.15, 0.2) is 0 Å². The lowest BCUT2D eigenvalue weighted by Crippen LogP contribution is -2.25. The highest BCUT2D eigenvalue weighted by Gasteiger charge is 2.16. The van der Waals surface area contributed by atoms with Crippen molar-refractivity contribution < 1.29 is 4.79 Å². The molecule has 108 valence electrons. The number of aryl methyl sites for hydroxylation is 2. The van der Waals surface area contributed by atoms with Crippen molar-refractivity contribution in [2.24, 2.45) is 0 Å². The van der Waals surface area contributed by atoms with E-state index in [9.17, 15) is 4.79 Å². The lowest BCUT2D eigenvalue weighted by atomic mass is 9.98. The van der Waals surface area contributed by atoms with E-state index in [4.69, 9.17) is 0 Å². The van der Waals surface area contributed by atoms with Gasteiger partial charge < -0.3 is 10.6 Å². The van der Waals surface area contributed by atoms with Crippen molar-refractivity contribution in [1.82, 2.24) is 5.32 Å². The SMILES string of the molecule is Cc1cccc(C)c1C(=O)Nc1cccc2c1CCNC2. The highest BCUT2D eigenvalue weighted by Crippen LogP contribution is 2.24. The van der Waals surface area contributed by atoms with E-state index < -0.39 is 0 Å². The van der Waals surface area contributed by atoms with Crippen LogP contribution in [0, 0.1) is 13.8 Å². The molecule has 1 aliphatic heterocycles. The Morgan fingerprint density at radius 1 is 1.10 bits per heavy atom. The van der Waals surface area contributed by atoms with Crippen LogP contribution < -0.4 is 10.6 Å². The second-order valence-corrected chi connectivity index (χ2v) is 5.59. The molecule has 21 heavy (non-hydrogen) atoms. The Balaban J connectivity index is 1.92. The van der Waals surface area contributed by atoms with Crippen molar-refractivity contribution in [2.45, 2.75) is 26.8 Å². The number of carbonyl (C=O) groups excluding carboxylic acids is 1. The summed E-state index contributed by atoms with van der Waals surface area (Å²) in [4.78, 5) is 12.6. The van der Waals surface area contributed by atoms with Crippen molar-refractivity contribution >= 4 is 11.6 Å². The molecule has 0 fully saturated rings. The fraction of sp³-hybridized carbons (Fsp3) is 0.278. The molecule has 0 radical (unpaired) electrons. The molecule has 0 saturated heterocycles. The van der Waals surface area contributed by atoms with Gasteiger partial charge in [-0.15, -0.1) is 0 Å². The third kappa shape index (κ3) is 2.69. The predicted molar refractivity (Wildman–Crippen MR) is 85.7 cm³/mol. The Morgan fingerprint density at radius 3 is 2.57 bits per heavy atom. The van der Waals surface area contributed by atoms with Crippen LogP contribution in [0.15, 0.2) is 36.4 Å². The number of carbonyl (C=O) groups is 1. The highest BCUT2D eigenvalue weighted by atomic mass is 16.1. The van der Waals surface area contributed by atoms with Crippen LogP contribution >= 0.6 is 0 Å². The van der Waals surface area contributed by atoms with E-state index in [2.05, 4.69) is 16.7 Å². The molecular formula is C18H20N2O. The minimum absolute atomic E-state index is 0.0162. The summed E-state index contributed by atoms with van der Waals surface area (Å²) >= 11 is 0. The standard InChI is InChI=1S/C18H20N2O/c1-12-5-3-6-13(2)17(12)18(21)20-16-8-4-7-14-11-19-10-9-15(14)16/h3-8,19H,9-11H2,1-2H3,(H,20,21). The van der Waals surface area contributed by atoms with Gasteiger partial charge in [0.1, 0.15) is 0 Å². The second-order valence-electron chi connectivity index (χ2n) is 5.59. The molecule has 0 unspecified atom stereocenters. The third-order valence-corrected chi connectivity index (χ3v) is 4.10. The van der Waals surface area contributed by atoms with E-state index in [1.807, 2.05) is 44.2 Å². The van der Waals surface area contributed by atoms with Gasteiger partial charge in [0, 0.05) is 17.8 Å². The molecule has 1 amide bonds. The molecule has 2 N–H and O–H groups in total. The Bertz CT molecular complexity index is 671. The van der Waals surface area contributed by atoms with E-state index in [0.29, 0.717) is 0 Å². The summed E-state index contributed by atoms with van der Waals surface area (Å²) in [6, 6.07) is 12.1. The summed E-state index contributed by atoms with van der Waals surface area (Å²) in [5.41, 5.74) is 6.29. The van der Waals surface area contributed by atoms with Crippen molar-refractivity contribution in [1.29, 1.82) is 0 Å². The van der Waals surface area contributed by atoms with E-state index in [1.54, 1.807) is 0 Å². The number of amides is 1. The lowest BCUT2D eigenvalue weighted by molar-refractivity contribution is 0.102.